The molecule has 0 amide bonds. The van der Waals surface area contributed by atoms with Crippen molar-refractivity contribution in [2.45, 2.75) is 277 Å². The van der Waals surface area contributed by atoms with Crippen molar-refractivity contribution in [2.75, 3.05) is 13.2 Å². The van der Waals surface area contributed by atoms with Crippen molar-refractivity contribution < 1.29 is 28.6 Å². The topological polar surface area (TPSA) is 78.9 Å². The number of allylic oxidation sites excluding steroid dienone is 15. The summed E-state index contributed by atoms with van der Waals surface area (Å²) in [4.78, 5) is 38.0. The number of ether oxygens (including phenoxy) is 3. The van der Waals surface area contributed by atoms with Crippen LogP contribution in [0.5, 0.6) is 0 Å². The van der Waals surface area contributed by atoms with Gasteiger partial charge in [0.25, 0.3) is 0 Å². The number of carbonyl (C=O) groups is 3. The van der Waals surface area contributed by atoms with Crippen molar-refractivity contribution in [2.24, 2.45) is 0 Å². The zero-order chi connectivity index (χ0) is 50.7. The van der Waals surface area contributed by atoms with Crippen LogP contribution >= 0.6 is 0 Å². The normalized spacial score (nSPS) is 12.8. The third-order valence-electron chi connectivity index (χ3n) is 12.3. The lowest BCUT2D eigenvalue weighted by molar-refractivity contribution is -0.166. The fourth-order valence-corrected chi connectivity index (χ4v) is 7.95. The van der Waals surface area contributed by atoms with Gasteiger partial charge >= 0.3 is 17.9 Å². The van der Waals surface area contributed by atoms with Crippen molar-refractivity contribution in [1.29, 1.82) is 0 Å². The van der Waals surface area contributed by atoms with E-state index in [1.54, 1.807) is 6.08 Å². The summed E-state index contributed by atoms with van der Waals surface area (Å²) in [7, 11) is 0. The maximum atomic E-state index is 12.8. The van der Waals surface area contributed by atoms with Crippen LogP contribution in [0.4, 0.5) is 0 Å². The molecular weight excluding hydrogens is 865 g/mol. The predicted octanol–water partition coefficient (Wildman–Crippen LogP) is 19.7. The molecule has 70 heavy (non-hydrogen) atoms. The Morgan fingerprint density at radius 1 is 0.314 bits per heavy atom. The molecule has 0 aromatic heterocycles. The van der Waals surface area contributed by atoms with Gasteiger partial charge in [-0.1, -0.05) is 246 Å². The molecule has 0 bridgehead atoms. The summed E-state index contributed by atoms with van der Waals surface area (Å²) in [5, 5.41) is 0. The molecule has 0 aromatic carbocycles. The number of carbonyl (C=O) groups excluding carboxylic acids is 3. The number of unbranched alkanes of at least 4 members (excludes halogenated alkanes) is 26. The van der Waals surface area contributed by atoms with Gasteiger partial charge in [-0.05, 0) is 103 Å². The van der Waals surface area contributed by atoms with Gasteiger partial charge in [0.05, 0.1) is 6.42 Å². The first-order chi connectivity index (χ1) is 34.5. The lowest BCUT2D eigenvalue weighted by Gasteiger charge is -2.18. The van der Waals surface area contributed by atoms with Crippen LogP contribution in [0.25, 0.3) is 0 Å². The van der Waals surface area contributed by atoms with E-state index in [0.717, 1.165) is 89.9 Å². The molecule has 0 fully saturated rings. The standard InChI is InChI=1S/C64H108O6/c1-4-7-10-13-16-19-22-25-27-28-29-30-31-32-33-34-35-36-38-39-42-45-48-51-54-57-63(66)69-60-61(59-68-62(65)56-53-50-47-44-41-24-21-18-15-12-9-6-3)70-64(67)58-55-52-49-46-43-40-37-26-23-20-17-14-11-8-5-2/h8,11,17-18,20-22,25-26,28-29,37,43,46,52,55,61H,4-7,9-10,12-16,19,23-24,27,30-36,38-42,44-45,47-51,53-54,56-60H2,1-3H3/b11-8-,20-17-,21-18-,25-22-,29-28-,37-26-,46-43-,55-52-. The van der Waals surface area contributed by atoms with E-state index in [1.165, 1.54) is 141 Å². The van der Waals surface area contributed by atoms with Crippen LogP contribution in [0.15, 0.2) is 97.2 Å². The second-order valence-corrected chi connectivity index (χ2v) is 19.2. The van der Waals surface area contributed by atoms with Crippen LogP contribution in [0, 0.1) is 0 Å². The molecule has 0 heterocycles. The fraction of sp³-hybridized carbons (Fsp3) is 0.703. The fourth-order valence-electron chi connectivity index (χ4n) is 7.95. The maximum Gasteiger partial charge on any atom is 0.310 e. The van der Waals surface area contributed by atoms with Crippen LogP contribution in [0.3, 0.4) is 0 Å². The number of rotatable bonds is 52. The molecule has 0 aliphatic rings. The Kier molecular flexibility index (Phi) is 54.9. The summed E-state index contributed by atoms with van der Waals surface area (Å²) in [5.41, 5.74) is 0. The molecule has 0 saturated carbocycles. The summed E-state index contributed by atoms with van der Waals surface area (Å²) in [6, 6.07) is 0. The zero-order valence-corrected chi connectivity index (χ0v) is 45.8. The van der Waals surface area contributed by atoms with Gasteiger partial charge in [0.15, 0.2) is 6.10 Å². The first-order valence-electron chi connectivity index (χ1n) is 29.2. The highest BCUT2D eigenvalue weighted by molar-refractivity contribution is 5.72. The average Bonchev–Trinajstić information content (AvgIpc) is 3.36. The molecule has 400 valence electrons. The SMILES string of the molecule is CC/C=C\C/C=C\C/C=C\C/C=C\C/C=C\CC(=O)OC(COC(=O)CCCCCCC/C=C\CCCCC)COC(=O)CCCCCCCCCCCCCCC/C=C\C/C=C\CCCCCCC. The molecule has 0 aromatic rings. The highest BCUT2D eigenvalue weighted by Gasteiger charge is 2.19. The van der Waals surface area contributed by atoms with E-state index in [4.69, 9.17) is 14.2 Å². The Morgan fingerprint density at radius 2 is 0.600 bits per heavy atom. The minimum absolute atomic E-state index is 0.0941. The number of hydrogen-bond acceptors (Lipinski definition) is 6. The van der Waals surface area contributed by atoms with Gasteiger partial charge in [0.1, 0.15) is 13.2 Å². The van der Waals surface area contributed by atoms with E-state index >= 15 is 0 Å². The van der Waals surface area contributed by atoms with Crippen molar-refractivity contribution in [3.63, 3.8) is 0 Å². The maximum absolute atomic E-state index is 12.8. The van der Waals surface area contributed by atoms with E-state index in [2.05, 4.69) is 106 Å². The van der Waals surface area contributed by atoms with Crippen LogP contribution in [-0.4, -0.2) is 37.2 Å². The van der Waals surface area contributed by atoms with E-state index in [0.29, 0.717) is 12.8 Å². The van der Waals surface area contributed by atoms with E-state index in [-0.39, 0.29) is 31.6 Å². The van der Waals surface area contributed by atoms with Crippen LogP contribution in [0.1, 0.15) is 271 Å². The van der Waals surface area contributed by atoms with Gasteiger partial charge in [-0.25, -0.2) is 0 Å². The average molecular weight is 974 g/mol. The number of hydrogen-bond donors (Lipinski definition) is 0. The summed E-state index contributed by atoms with van der Waals surface area (Å²) in [6.07, 6.45) is 77.2. The largest absolute Gasteiger partial charge is 0.462 e. The van der Waals surface area contributed by atoms with Crippen molar-refractivity contribution in [1.82, 2.24) is 0 Å². The Bertz CT molecular complexity index is 1400. The molecule has 0 aliphatic heterocycles. The molecule has 0 aliphatic carbocycles. The lowest BCUT2D eigenvalue weighted by Crippen LogP contribution is -2.30. The molecule has 0 spiro atoms. The first-order valence-corrected chi connectivity index (χ1v) is 29.2. The van der Waals surface area contributed by atoms with Gasteiger partial charge in [0, 0.05) is 12.8 Å². The van der Waals surface area contributed by atoms with Crippen LogP contribution in [0.2, 0.25) is 0 Å². The van der Waals surface area contributed by atoms with Crippen LogP contribution in [-0.2, 0) is 28.6 Å². The Morgan fingerprint density at radius 3 is 0.986 bits per heavy atom. The predicted molar refractivity (Wildman–Crippen MR) is 302 cm³/mol. The molecule has 6 nitrogen and oxygen atoms in total. The van der Waals surface area contributed by atoms with Gasteiger partial charge in [-0.3, -0.25) is 14.4 Å². The molecule has 0 radical (unpaired) electrons. The van der Waals surface area contributed by atoms with Gasteiger partial charge in [-0.2, -0.15) is 0 Å². The van der Waals surface area contributed by atoms with Gasteiger partial charge in [-0.15, -0.1) is 0 Å². The summed E-state index contributed by atoms with van der Waals surface area (Å²) >= 11 is 0. The number of esters is 3. The Labute approximate surface area is 432 Å². The molecular formula is C64H108O6. The second kappa shape index (κ2) is 57.9. The van der Waals surface area contributed by atoms with Crippen molar-refractivity contribution in [3.05, 3.63) is 97.2 Å². The Balaban J connectivity index is 4.35. The highest BCUT2D eigenvalue weighted by Crippen LogP contribution is 2.15. The minimum Gasteiger partial charge on any atom is -0.462 e. The summed E-state index contributed by atoms with van der Waals surface area (Å²) in [6.45, 7) is 6.41. The third kappa shape index (κ3) is 55.3. The van der Waals surface area contributed by atoms with E-state index < -0.39 is 12.1 Å². The minimum atomic E-state index is -0.835. The smallest absolute Gasteiger partial charge is 0.310 e. The first kappa shape index (κ1) is 66.3. The summed E-state index contributed by atoms with van der Waals surface area (Å²) in [5.74, 6) is -1.06. The quantitative estimate of drug-likeness (QED) is 0.0262. The van der Waals surface area contributed by atoms with E-state index in [1.807, 2.05) is 6.08 Å². The van der Waals surface area contributed by atoms with E-state index in [9.17, 15) is 14.4 Å². The van der Waals surface area contributed by atoms with Gasteiger partial charge < -0.3 is 14.2 Å². The molecule has 1 unspecified atom stereocenters. The zero-order valence-electron chi connectivity index (χ0n) is 45.8. The van der Waals surface area contributed by atoms with Crippen molar-refractivity contribution >= 4 is 17.9 Å². The molecule has 0 saturated heterocycles. The molecule has 6 heteroatoms. The molecule has 1 atom stereocenters. The monoisotopic (exact) mass is 973 g/mol. The van der Waals surface area contributed by atoms with Gasteiger partial charge in [0.2, 0.25) is 0 Å². The van der Waals surface area contributed by atoms with Crippen LogP contribution < -0.4 is 0 Å². The second-order valence-electron chi connectivity index (χ2n) is 19.2. The molecule has 0 rings (SSSR count). The van der Waals surface area contributed by atoms with Crippen molar-refractivity contribution in [3.8, 4) is 0 Å². The highest BCUT2D eigenvalue weighted by atomic mass is 16.6. The summed E-state index contributed by atoms with van der Waals surface area (Å²) < 4.78 is 16.7. The molecule has 0 N–H and O–H groups in total. The third-order valence-corrected chi connectivity index (χ3v) is 12.3. The Hall–Kier alpha value is -3.67. The lowest BCUT2D eigenvalue weighted by atomic mass is 10.0.